The van der Waals surface area contributed by atoms with Crippen LogP contribution in [0.5, 0.6) is 5.75 Å². The Morgan fingerprint density at radius 3 is 2.52 bits per heavy atom. The molecule has 0 unspecified atom stereocenters. The molecule has 1 aliphatic carbocycles. The number of methoxy groups -OCH3 is 1. The first kappa shape index (κ1) is 19.1. The number of carbonyl (C=O) groups is 2. The van der Waals surface area contributed by atoms with Crippen LogP contribution >= 0.6 is 0 Å². The molecule has 0 atom stereocenters. The van der Waals surface area contributed by atoms with E-state index in [1.165, 1.54) is 0 Å². The van der Waals surface area contributed by atoms with Crippen molar-refractivity contribution in [2.45, 2.75) is 32.2 Å². The SMILES string of the molecule is COc1ccc2c(c1)c(C(=O)Nc1ccc(CC(=O)NC3CC3)cc1)c(C)n2C. The molecule has 0 saturated heterocycles. The molecule has 0 radical (unpaired) electrons. The van der Waals surface area contributed by atoms with Gasteiger partial charge in [-0.2, -0.15) is 0 Å². The molecule has 0 spiro atoms. The number of aryl methyl sites for hydroxylation is 1. The van der Waals surface area contributed by atoms with Crippen LogP contribution in [-0.2, 0) is 18.3 Å². The molecule has 2 aromatic carbocycles. The first-order chi connectivity index (χ1) is 14.0. The molecule has 0 aliphatic heterocycles. The fourth-order valence-electron chi connectivity index (χ4n) is 3.56. The number of hydrogen-bond acceptors (Lipinski definition) is 3. The number of nitrogens with one attached hydrogen (secondary N) is 2. The minimum atomic E-state index is -0.166. The lowest BCUT2D eigenvalue weighted by Crippen LogP contribution is -2.26. The molecule has 6 heteroatoms. The third-order valence-electron chi connectivity index (χ3n) is 5.45. The average Bonchev–Trinajstić information content (AvgIpc) is 3.48. The number of anilines is 1. The number of carbonyl (C=O) groups excluding carboxylic acids is 2. The number of hydrogen-bond donors (Lipinski definition) is 2. The Balaban J connectivity index is 1.51. The van der Waals surface area contributed by atoms with E-state index in [9.17, 15) is 9.59 Å². The van der Waals surface area contributed by atoms with E-state index in [4.69, 9.17) is 4.74 Å². The summed E-state index contributed by atoms with van der Waals surface area (Å²) in [6.07, 6.45) is 2.51. The van der Waals surface area contributed by atoms with Crippen LogP contribution in [0, 0.1) is 6.92 Å². The second-order valence-electron chi connectivity index (χ2n) is 7.57. The van der Waals surface area contributed by atoms with E-state index in [0.717, 1.165) is 35.0 Å². The predicted octanol–water partition coefficient (Wildman–Crippen LogP) is 3.57. The molecule has 1 aromatic heterocycles. The van der Waals surface area contributed by atoms with E-state index in [2.05, 4.69) is 10.6 Å². The monoisotopic (exact) mass is 391 g/mol. The molecular weight excluding hydrogens is 366 g/mol. The van der Waals surface area contributed by atoms with Gasteiger partial charge in [0.25, 0.3) is 5.91 Å². The average molecular weight is 391 g/mol. The molecule has 2 N–H and O–H groups in total. The minimum absolute atomic E-state index is 0.0459. The molecule has 3 aromatic rings. The summed E-state index contributed by atoms with van der Waals surface area (Å²) >= 11 is 0. The summed E-state index contributed by atoms with van der Waals surface area (Å²) in [7, 11) is 3.56. The minimum Gasteiger partial charge on any atom is -0.497 e. The van der Waals surface area contributed by atoms with Crippen LogP contribution in [0.25, 0.3) is 10.9 Å². The van der Waals surface area contributed by atoms with Crippen molar-refractivity contribution in [1.29, 1.82) is 0 Å². The molecule has 0 bridgehead atoms. The van der Waals surface area contributed by atoms with E-state index < -0.39 is 0 Å². The first-order valence-corrected chi connectivity index (χ1v) is 9.79. The van der Waals surface area contributed by atoms with Crippen LogP contribution in [-0.4, -0.2) is 29.5 Å². The summed E-state index contributed by atoms with van der Waals surface area (Å²) in [6.45, 7) is 1.93. The highest BCUT2D eigenvalue weighted by Gasteiger charge is 2.23. The van der Waals surface area contributed by atoms with Gasteiger partial charge in [-0.15, -0.1) is 0 Å². The van der Waals surface area contributed by atoms with Crippen LogP contribution in [0.2, 0.25) is 0 Å². The lowest BCUT2D eigenvalue weighted by molar-refractivity contribution is -0.120. The van der Waals surface area contributed by atoms with Gasteiger partial charge in [-0.25, -0.2) is 0 Å². The quantitative estimate of drug-likeness (QED) is 0.675. The molecule has 6 nitrogen and oxygen atoms in total. The fraction of sp³-hybridized carbons (Fsp3) is 0.304. The number of rotatable bonds is 6. The van der Waals surface area contributed by atoms with E-state index in [-0.39, 0.29) is 11.8 Å². The highest BCUT2D eigenvalue weighted by atomic mass is 16.5. The number of fused-ring (bicyclic) bond motifs is 1. The third-order valence-corrected chi connectivity index (χ3v) is 5.45. The summed E-state index contributed by atoms with van der Waals surface area (Å²) in [4.78, 5) is 25.0. The Bertz CT molecular complexity index is 1080. The molecule has 4 rings (SSSR count). The summed E-state index contributed by atoms with van der Waals surface area (Å²) in [5.41, 5.74) is 4.12. The largest absolute Gasteiger partial charge is 0.497 e. The Morgan fingerprint density at radius 1 is 1.14 bits per heavy atom. The standard InChI is InChI=1S/C23H25N3O3/c1-14-22(19-13-18(29-3)10-11-20(19)26(14)2)23(28)25-17-6-4-15(5-7-17)12-21(27)24-16-8-9-16/h4-7,10-11,13,16H,8-9,12H2,1-3H3,(H,24,27)(H,25,28). The molecule has 1 fully saturated rings. The Hall–Kier alpha value is -3.28. The van der Waals surface area contributed by atoms with Gasteiger partial charge in [0.05, 0.1) is 19.1 Å². The molecule has 2 amide bonds. The van der Waals surface area contributed by atoms with E-state index in [1.54, 1.807) is 7.11 Å². The van der Waals surface area contributed by atoms with E-state index in [1.807, 2.05) is 61.0 Å². The van der Waals surface area contributed by atoms with Crippen LogP contribution < -0.4 is 15.4 Å². The van der Waals surface area contributed by atoms with E-state index in [0.29, 0.717) is 29.5 Å². The van der Waals surface area contributed by atoms with Crippen molar-refractivity contribution in [3.05, 3.63) is 59.3 Å². The van der Waals surface area contributed by atoms with E-state index >= 15 is 0 Å². The summed E-state index contributed by atoms with van der Waals surface area (Å²) < 4.78 is 7.33. The number of ether oxygens (including phenoxy) is 1. The first-order valence-electron chi connectivity index (χ1n) is 9.79. The van der Waals surface area contributed by atoms with Crippen LogP contribution in [0.3, 0.4) is 0 Å². The smallest absolute Gasteiger partial charge is 0.258 e. The van der Waals surface area contributed by atoms with Gasteiger partial charge in [-0.1, -0.05) is 12.1 Å². The van der Waals surface area contributed by atoms with Crippen molar-refractivity contribution >= 4 is 28.4 Å². The van der Waals surface area contributed by atoms with Crippen molar-refractivity contribution in [3.8, 4) is 5.75 Å². The van der Waals surface area contributed by atoms with Crippen molar-refractivity contribution in [3.63, 3.8) is 0 Å². The molecule has 150 valence electrons. The maximum atomic E-state index is 13.0. The molecule has 1 aliphatic rings. The fourth-order valence-corrected chi connectivity index (χ4v) is 3.56. The third kappa shape index (κ3) is 3.97. The Morgan fingerprint density at radius 2 is 1.86 bits per heavy atom. The molecular formula is C23H25N3O3. The van der Waals surface area contributed by atoms with Gasteiger partial charge in [0.2, 0.25) is 5.91 Å². The summed E-state index contributed by atoms with van der Waals surface area (Å²) in [5, 5.41) is 6.81. The zero-order chi connectivity index (χ0) is 20.5. The maximum absolute atomic E-state index is 13.0. The molecule has 29 heavy (non-hydrogen) atoms. The second kappa shape index (κ2) is 7.62. The van der Waals surface area contributed by atoms with Crippen molar-refractivity contribution in [1.82, 2.24) is 9.88 Å². The number of amides is 2. The topological polar surface area (TPSA) is 72.4 Å². The summed E-state index contributed by atoms with van der Waals surface area (Å²) in [5.74, 6) is 0.594. The van der Waals surface area contributed by atoms with Crippen molar-refractivity contribution < 1.29 is 14.3 Å². The number of aromatic nitrogens is 1. The molecule has 1 heterocycles. The zero-order valence-electron chi connectivity index (χ0n) is 16.9. The van der Waals surface area contributed by atoms with Crippen molar-refractivity contribution in [2.75, 3.05) is 12.4 Å². The number of benzene rings is 2. The summed E-state index contributed by atoms with van der Waals surface area (Å²) in [6, 6.07) is 13.5. The second-order valence-corrected chi connectivity index (χ2v) is 7.57. The van der Waals surface area contributed by atoms with Gasteiger partial charge >= 0.3 is 0 Å². The lowest BCUT2D eigenvalue weighted by atomic mass is 10.1. The number of nitrogens with zero attached hydrogens (tertiary/aromatic N) is 1. The van der Waals surface area contributed by atoms with Gasteiger partial charge in [0.1, 0.15) is 5.75 Å². The van der Waals surface area contributed by atoms with Gasteiger partial charge in [-0.3, -0.25) is 9.59 Å². The highest BCUT2D eigenvalue weighted by Crippen LogP contribution is 2.29. The zero-order valence-corrected chi connectivity index (χ0v) is 16.9. The lowest BCUT2D eigenvalue weighted by Gasteiger charge is -2.08. The normalized spacial score (nSPS) is 13.3. The molecule has 1 saturated carbocycles. The van der Waals surface area contributed by atoms with Gasteiger partial charge in [-0.05, 0) is 55.7 Å². The van der Waals surface area contributed by atoms with Crippen LogP contribution in [0.1, 0.15) is 34.5 Å². The van der Waals surface area contributed by atoms with Gasteiger partial charge in [0.15, 0.2) is 0 Å². The van der Waals surface area contributed by atoms with Crippen LogP contribution in [0.15, 0.2) is 42.5 Å². The van der Waals surface area contributed by atoms with Crippen LogP contribution in [0.4, 0.5) is 5.69 Å². The van der Waals surface area contributed by atoms with Gasteiger partial charge in [0, 0.05) is 35.4 Å². The maximum Gasteiger partial charge on any atom is 0.258 e. The Kier molecular flexibility index (Phi) is 5.01. The van der Waals surface area contributed by atoms with Crippen molar-refractivity contribution in [2.24, 2.45) is 7.05 Å². The Labute approximate surface area is 169 Å². The highest BCUT2D eigenvalue weighted by molar-refractivity contribution is 6.14. The van der Waals surface area contributed by atoms with Gasteiger partial charge < -0.3 is 19.9 Å². The predicted molar refractivity (Wildman–Crippen MR) is 113 cm³/mol.